The van der Waals surface area contributed by atoms with Crippen LogP contribution < -0.4 is 19.5 Å². The van der Waals surface area contributed by atoms with Crippen molar-refractivity contribution in [2.45, 2.75) is 70.7 Å². The summed E-state index contributed by atoms with van der Waals surface area (Å²) in [5.74, 6) is 0.735. The van der Waals surface area contributed by atoms with Crippen LogP contribution in [0.3, 0.4) is 0 Å². The van der Waals surface area contributed by atoms with Crippen LogP contribution in [0.25, 0.3) is 0 Å². The van der Waals surface area contributed by atoms with Crippen molar-refractivity contribution >= 4 is 17.7 Å². The third kappa shape index (κ3) is 5.56. The van der Waals surface area contributed by atoms with Gasteiger partial charge in [0.15, 0.2) is 11.5 Å². The van der Waals surface area contributed by atoms with E-state index in [1.165, 1.54) is 21.3 Å². The summed E-state index contributed by atoms with van der Waals surface area (Å²) in [5.41, 5.74) is -0.807. The maximum Gasteiger partial charge on any atom is 0.411 e. The molecule has 11 heteroatoms. The van der Waals surface area contributed by atoms with Crippen LogP contribution in [0.15, 0.2) is 12.1 Å². The lowest BCUT2D eigenvalue weighted by Crippen LogP contribution is -2.61. The second-order valence-electron chi connectivity index (χ2n) is 11.9. The zero-order chi connectivity index (χ0) is 29.2. The molecular formula is C29H44N2O9. The Morgan fingerprint density at radius 1 is 1.02 bits per heavy atom. The smallest absolute Gasteiger partial charge is 0.411 e. The van der Waals surface area contributed by atoms with Gasteiger partial charge in [0.25, 0.3) is 0 Å². The van der Waals surface area contributed by atoms with E-state index in [4.69, 9.17) is 18.9 Å². The van der Waals surface area contributed by atoms with E-state index in [2.05, 4.69) is 12.2 Å². The van der Waals surface area contributed by atoms with E-state index in [1.807, 2.05) is 6.92 Å². The third-order valence-corrected chi connectivity index (χ3v) is 9.75. The number of rotatable bonds is 8. The van der Waals surface area contributed by atoms with Crippen molar-refractivity contribution in [1.82, 2.24) is 4.90 Å². The number of hydrogen-bond acceptors (Lipinski definition) is 9. The van der Waals surface area contributed by atoms with Gasteiger partial charge in [-0.2, -0.15) is 0 Å². The molecule has 1 aromatic rings. The summed E-state index contributed by atoms with van der Waals surface area (Å²) in [6, 6.07) is 3.21. The molecule has 2 saturated carbocycles. The lowest BCUT2D eigenvalue weighted by molar-refractivity contribution is -0.186. The molecule has 0 radical (unpaired) electrons. The minimum atomic E-state index is -0.773. The Morgan fingerprint density at radius 2 is 1.70 bits per heavy atom. The van der Waals surface area contributed by atoms with Crippen LogP contribution in [-0.4, -0.2) is 91.6 Å². The van der Waals surface area contributed by atoms with Gasteiger partial charge in [-0.3, -0.25) is 10.1 Å². The summed E-state index contributed by atoms with van der Waals surface area (Å²) in [5, 5.41) is 34.4. The van der Waals surface area contributed by atoms with Gasteiger partial charge in [-0.1, -0.05) is 13.8 Å². The van der Waals surface area contributed by atoms with Crippen molar-refractivity contribution in [1.29, 1.82) is 0 Å². The third-order valence-electron chi connectivity index (χ3n) is 9.75. The Hall–Kier alpha value is -2.76. The number of nitrogens with zero attached hydrogens (tertiary/aromatic N) is 1. The summed E-state index contributed by atoms with van der Waals surface area (Å²) in [4.78, 5) is 27.9. The highest BCUT2D eigenvalue weighted by molar-refractivity contribution is 5.86. The number of carbonyl (C=O) groups excluding carboxylic acids is 2. The highest BCUT2D eigenvalue weighted by Gasteiger charge is 2.60. The predicted molar refractivity (Wildman–Crippen MR) is 147 cm³/mol. The molecule has 1 aliphatic heterocycles. The number of methoxy groups -OCH3 is 3. The summed E-state index contributed by atoms with van der Waals surface area (Å²) in [6.45, 7) is 4.67. The molecule has 224 valence electrons. The zero-order valence-electron chi connectivity index (χ0n) is 24.1. The summed E-state index contributed by atoms with van der Waals surface area (Å²) in [7, 11) is 4.47. The van der Waals surface area contributed by atoms with Crippen molar-refractivity contribution in [3.63, 3.8) is 0 Å². The van der Waals surface area contributed by atoms with Crippen molar-refractivity contribution in [3.05, 3.63) is 12.1 Å². The molecule has 0 unspecified atom stereocenters. The van der Waals surface area contributed by atoms with Gasteiger partial charge in [0.05, 0.1) is 45.8 Å². The van der Waals surface area contributed by atoms with E-state index in [-0.39, 0.29) is 30.8 Å². The second kappa shape index (κ2) is 12.0. The van der Waals surface area contributed by atoms with Crippen LogP contribution in [0.5, 0.6) is 17.2 Å². The van der Waals surface area contributed by atoms with Crippen LogP contribution in [0.1, 0.15) is 52.4 Å². The zero-order valence-corrected chi connectivity index (χ0v) is 24.1. The number of fused-ring (bicyclic) bond motifs is 1. The molecule has 3 aliphatic rings. The second-order valence-corrected chi connectivity index (χ2v) is 11.9. The molecule has 1 heterocycles. The van der Waals surface area contributed by atoms with Crippen LogP contribution in [0, 0.1) is 22.7 Å². The maximum absolute atomic E-state index is 13.1. The molecule has 7 atom stereocenters. The number of amides is 2. The molecule has 0 bridgehead atoms. The highest BCUT2D eigenvalue weighted by Crippen LogP contribution is 2.61. The first-order valence-electron chi connectivity index (χ1n) is 14.0. The SMILES string of the molecule is COc1cc(NC(=O)O[C@@H]2CC[C@]3(C)[C@@H](CC[C@@H](O)[C@H]3CC(=O)N3CC[C@@H](O)C3)[C@]2(C)CO)cc(OC)c1OC. The van der Waals surface area contributed by atoms with E-state index >= 15 is 0 Å². The maximum atomic E-state index is 13.1. The van der Waals surface area contributed by atoms with Gasteiger partial charge in [0.1, 0.15) is 6.10 Å². The fourth-order valence-electron chi connectivity index (χ4n) is 7.50. The first-order chi connectivity index (χ1) is 19.0. The number of benzene rings is 1. The number of ether oxygens (including phenoxy) is 4. The minimum absolute atomic E-state index is 0.0590. The Kier molecular flexibility index (Phi) is 9.06. The van der Waals surface area contributed by atoms with Crippen molar-refractivity contribution < 1.29 is 43.9 Å². The van der Waals surface area contributed by atoms with Crippen molar-refractivity contribution in [2.24, 2.45) is 22.7 Å². The first-order valence-corrected chi connectivity index (χ1v) is 14.0. The van der Waals surface area contributed by atoms with Crippen molar-refractivity contribution in [3.8, 4) is 17.2 Å². The molecule has 11 nitrogen and oxygen atoms in total. The standard InChI is InChI=1S/C29H44N2O9/c1-28-10-8-24(40-27(36)30-17-12-21(37-3)26(39-5)22(13-17)38-4)29(2,16-32)23(28)7-6-20(34)19(28)14-25(35)31-11-9-18(33)15-31/h12-13,18-20,23-24,32-34H,6-11,14-16H2,1-5H3,(H,30,36)/t18-,19-,20-,23-,24-,28+,29+/m1/s1. The number of hydrogen-bond donors (Lipinski definition) is 4. The summed E-state index contributed by atoms with van der Waals surface area (Å²) < 4.78 is 22.0. The molecule has 4 rings (SSSR count). The minimum Gasteiger partial charge on any atom is -0.493 e. The van der Waals surface area contributed by atoms with Gasteiger partial charge >= 0.3 is 6.09 Å². The van der Waals surface area contributed by atoms with Crippen LogP contribution >= 0.6 is 0 Å². The quantitative estimate of drug-likeness (QED) is 0.374. The molecule has 2 amide bonds. The molecule has 2 aliphatic carbocycles. The fourth-order valence-corrected chi connectivity index (χ4v) is 7.50. The van der Waals surface area contributed by atoms with E-state index in [1.54, 1.807) is 17.0 Å². The van der Waals surface area contributed by atoms with Crippen LogP contribution in [-0.2, 0) is 9.53 Å². The van der Waals surface area contributed by atoms with Gasteiger partial charge in [-0.05, 0) is 49.4 Å². The normalized spacial score (nSPS) is 33.6. The molecule has 0 aromatic heterocycles. The summed E-state index contributed by atoms with van der Waals surface area (Å²) in [6.07, 6.45) is 0.641. The Labute approximate surface area is 235 Å². The average Bonchev–Trinajstić information content (AvgIpc) is 3.38. The van der Waals surface area contributed by atoms with Crippen molar-refractivity contribution in [2.75, 3.05) is 46.3 Å². The van der Waals surface area contributed by atoms with Gasteiger partial charge in [-0.15, -0.1) is 0 Å². The lowest BCUT2D eigenvalue weighted by Gasteiger charge is -2.60. The number of β-amino-alcohol motifs (C(OH)–C–C–N with tert-alkyl or cyclic N) is 1. The molecule has 3 fully saturated rings. The molecular weight excluding hydrogens is 520 g/mol. The number of aliphatic hydroxyl groups is 3. The fraction of sp³-hybridized carbons (Fsp3) is 0.724. The lowest BCUT2D eigenvalue weighted by atomic mass is 9.46. The Bertz CT molecular complexity index is 1060. The van der Waals surface area contributed by atoms with Gasteiger partial charge < -0.3 is 39.2 Å². The number of carbonyl (C=O) groups is 2. The molecule has 1 saturated heterocycles. The molecule has 40 heavy (non-hydrogen) atoms. The number of aliphatic hydroxyl groups excluding tert-OH is 3. The molecule has 4 N–H and O–H groups in total. The number of nitrogens with one attached hydrogen (secondary N) is 1. The average molecular weight is 565 g/mol. The first kappa shape index (κ1) is 30.2. The van der Waals surface area contributed by atoms with Crippen LogP contribution in [0.4, 0.5) is 10.5 Å². The number of likely N-dealkylation sites (tertiary alicyclic amines) is 1. The van der Waals surface area contributed by atoms with E-state index in [0.29, 0.717) is 68.1 Å². The van der Waals surface area contributed by atoms with E-state index in [9.17, 15) is 24.9 Å². The summed E-state index contributed by atoms with van der Waals surface area (Å²) >= 11 is 0. The van der Waals surface area contributed by atoms with Gasteiger partial charge in [-0.25, -0.2) is 4.79 Å². The Balaban J connectivity index is 1.50. The van der Waals surface area contributed by atoms with E-state index in [0.717, 1.165) is 0 Å². The largest absolute Gasteiger partial charge is 0.493 e. The number of anilines is 1. The van der Waals surface area contributed by atoms with Gasteiger partial charge in [0.2, 0.25) is 11.7 Å². The van der Waals surface area contributed by atoms with E-state index < -0.39 is 35.2 Å². The Morgan fingerprint density at radius 3 is 2.25 bits per heavy atom. The topological polar surface area (TPSA) is 147 Å². The van der Waals surface area contributed by atoms with Crippen LogP contribution in [0.2, 0.25) is 0 Å². The highest BCUT2D eigenvalue weighted by atomic mass is 16.6. The molecule has 1 aromatic carbocycles. The van der Waals surface area contributed by atoms with Gasteiger partial charge in [0, 0.05) is 37.1 Å². The molecule has 0 spiro atoms. The predicted octanol–water partition coefficient (Wildman–Crippen LogP) is 2.80. The monoisotopic (exact) mass is 564 g/mol.